The fraction of sp³-hybridized carbons (Fsp3) is 0.357. The summed E-state index contributed by atoms with van der Waals surface area (Å²) in [6.07, 6.45) is 5.17. The largest absolute Gasteiger partial charge is 0.630 e. The van der Waals surface area contributed by atoms with Gasteiger partial charge in [0.2, 0.25) is 0 Å². The molecule has 0 saturated heterocycles. The lowest BCUT2D eigenvalue weighted by molar-refractivity contribution is -0.496. The second kappa shape index (κ2) is 5.62. The maximum absolute atomic E-state index is 10.9. The molecule has 1 aromatic carbocycles. The third kappa shape index (κ3) is 2.82. The molecular formula is C14H20N4O2. The molecule has 1 aromatic heterocycles. The molecule has 0 aliphatic heterocycles. The maximum Gasteiger partial charge on any atom is 0.153 e. The number of nitrogen functional groups attached to an aromatic ring is 1. The Kier molecular flexibility index (Phi) is 4.08. The highest BCUT2D eigenvalue weighted by atomic mass is 16.5. The van der Waals surface area contributed by atoms with Crippen molar-refractivity contribution in [2.45, 2.75) is 19.9 Å². The molecule has 1 aliphatic rings. The number of benzene rings is 1. The molecule has 0 amide bonds. The van der Waals surface area contributed by atoms with Gasteiger partial charge in [-0.1, -0.05) is 13.0 Å². The second-order valence-electron chi connectivity index (χ2n) is 5.39. The van der Waals surface area contributed by atoms with Gasteiger partial charge in [0.25, 0.3) is 0 Å². The van der Waals surface area contributed by atoms with Gasteiger partial charge in [-0.05, 0) is 29.9 Å². The highest BCUT2D eigenvalue weighted by molar-refractivity contribution is 5.71. The minimum absolute atomic E-state index is 0. The molecular weight excluding hydrogens is 256 g/mol. The summed E-state index contributed by atoms with van der Waals surface area (Å²) >= 11 is 0. The zero-order valence-corrected chi connectivity index (χ0v) is 11.4. The van der Waals surface area contributed by atoms with E-state index in [2.05, 4.69) is 12.0 Å². The quantitative estimate of drug-likeness (QED) is 0.631. The molecule has 2 atom stereocenters. The average molecular weight is 276 g/mol. The van der Waals surface area contributed by atoms with Crippen LogP contribution < -0.4 is 11.2 Å². The van der Waals surface area contributed by atoms with Gasteiger partial charge in [0.05, 0.1) is 11.9 Å². The molecule has 6 nitrogen and oxygen atoms in total. The van der Waals surface area contributed by atoms with Crippen molar-refractivity contribution in [3.05, 3.63) is 35.8 Å². The van der Waals surface area contributed by atoms with E-state index in [0.29, 0.717) is 11.4 Å². The molecule has 6 heteroatoms. The number of quaternary nitrogens is 1. The van der Waals surface area contributed by atoms with Crippen molar-refractivity contribution in [3.8, 4) is 11.1 Å². The summed E-state index contributed by atoms with van der Waals surface area (Å²) in [5.41, 5.74) is 9.55. The van der Waals surface area contributed by atoms with Crippen molar-refractivity contribution in [2.24, 2.45) is 11.8 Å². The van der Waals surface area contributed by atoms with E-state index in [1.54, 1.807) is 6.07 Å². The van der Waals surface area contributed by atoms with E-state index in [1.165, 1.54) is 6.42 Å². The van der Waals surface area contributed by atoms with Crippen LogP contribution in [0.1, 0.15) is 13.3 Å². The lowest BCUT2D eigenvalue weighted by atomic mass is 10.1. The van der Waals surface area contributed by atoms with Gasteiger partial charge in [0, 0.05) is 24.4 Å². The number of nitrogens with two attached hydrogens (primary N) is 2. The number of rotatable bonds is 4. The predicted octanol–water partition coefficient (Wildman–Crippen LogP) is 0.656. The minimum Gasteiger partial charge on any atom is -0.630 e. The molecule has 0 bridgehead atoms. The molecule has 1 fully saturated rings. The summed E-state index contributed by atoms with van der Waals surface area (Å²) in [6.45, 7) is 3.25. The zero-order chi connectivity index (χ0) is 13.4. The molecule has 20 heavy (non-hydrogen) atoms. The van der Waals surface area contributed by atoms with Crippen molar-refractivity contribution < 1.29 is 11.0 Å². The van der Waals surface area contributed by atoms with Gasteiger partial charge < -0.3 is 21.9 Å². The first-order valence-electron chi connectivity index (χ1n) is 6.55. The smallest absolute Gasteiger partial charge is 0.153 e. The number of anilines is 1. The van der Waals surface area contributed by atoms with E-state index < -0.39 is 0 Å². The number of hydrogen-bond donors (Lipinski definition) is 2. The zero-order valence-electron chi connectivity index (χ0n) is 11.4. The van der Waals surface area contributed by atoms with Gasteiger partial charge in [-0.2, -0.15) is 5.10 Å². The summed E-state index contributed by atoms with van der Waals surface area (Å²) in [4.78, 5) is 0. The van der Waals surface area contributed by atoms with Gasteiger partial charge in [-0.25, -0.2) is 0 Å². The first-order chi connectivity index (χ1) is 9.17. The molecule has 2 unspecified atom stereocenters. The van der Waals surface area contributed by atoms with Crippen LogP contribution >= 0.6 is 0 Å². The first-order valence-corrected chi connectivity index (χ1v) is 6.55. The number of hydrogen-bond acceptors (Lipinski definition) is 3. The van der Waals surface area contributed by atoms with Crippen LogP contribution in [0.3, 0.4) is 0 Å². The Labute approximate surface area is 117 Å². The van der Waals surface area contributed by atoms with Crippen LogP contribution in [0.5, 0.6) is 0 Å². The van der Waals surface area contributed by atoms with E-state index in [0.717, 1.165) is 35.0 Å². The summed E-state index contributed by atoms with van der Waals surface area (Å²) in [6, 6.07) is 5.49. The summed E-state index contributed by atoms with van der Waals surface area (Å²) in [5.74, 6) is 1.59. The Morgan fingerprint density at radius 1 is 1.45 bits per heavy atom. The summed E-state index contributed by atoms with van der Waals surface area (Å²) in [5, 5.41) is 15.3. The Balaban J connectivity index is 0.00000147. The third-order valence-electron chi connectivity index (χ3n) is 3.88. The predicted molar refractivity (Wildman–Crippen MR) is 77.9 cm³/mol. The maximum atomic E-state index is 10.9. The van der Waals surface area contributed by atoms with Gasteiger partial charge in [0.1, 0.15) is 0 Å². The van der Waals surface area contributed by atoms with E-state index >= 15 is 0 Å². The van der Waals surface area contributed by atoms with Crippen LogP contribution in [0, 0.1) is 17.0 Å². The molecule has 2 aromatic rings. The molecule has 3 rings (SSSR count). The Bertz CT molecular complexity index is 597. The lowest BCUT2D eigenvalue weighted by Gasteiger charge is -2.06. The fourth-order valence-electron chi connectivity index (χ4n) is 2.36. The van der Waals surface area contributed by atoms with Crippen molar-refractivity contribution in [1.29, 1.82) is 0 Å². The Hall–Kier alpha value is -1.89. The molecule has 1 heterocycles. The van der Waals surface area contributed by atoms with E-state index in [9.17, 15) is 5.21 Å². The van der Waals surface area contributed by atoms with E-state index in [-0.39, 0.29) is 5.48 Å². The van der Waals surface area contributed by atoms with Crippen LogP contribution in [0.4, 0.5) is 11.4 Å². The lowest BCUT2D eigenvalue weighted by Crippen LogP contribution is -2.70. The third-order valence-corrected chi connectivity index (χ3v) is 3.88. The van der Waals surface area contributed by atoms with E-state index in [1.807, 2.05) is 29.2 Å². The van der Waals surface area contributed by atoms with Crippen molar-refractivity contribution in [1.82, 2.24) is 9.78 Å². The molecule has 0 spiro atoms. The van der Waals surface area contributed by atoms with Crippen LogP contribution in [0.25, 0.3) is 11.1 Å². The van der Waals surface area contributed by atoms with Crippen LogP contribution in [0.15, 0.2) is 30.6 Å². The molecule has 1 aliphatic carbocycles. The summed E-state index contributed by atoms with van der Waals surface area (Å²) < 4.78 is 1.99. The van der Waals surface area contributed by atoms with Crippen LogP contribution in [-0.4, -0.2) is 15.3 Å². The van der Waals surface area contributed by atoms with Crippen LogP contribution in [-0.2, 0) is 6.54 Å². The first kappa shape index (κ1) is 14.5. The molecule has 6 N–H and O–H groups in total. The standard InChI is InChI=1S/C14H18N4O.H2O/c1-9-4-11(9)7-18-8-12(6-16-18)10-2-3-13(15)14(5-10)17-19;/h2-3,5-6,8-9,11H,4,7,15,17H2,1H3;1H2. The monoisotopic (exact) mass is 276 g/mol. The second-order valence-corrected chi connectivity index (χ2v) is 5.39. The Morgan fingerprint density at radius 2 is 2.20 bits per heavy atom. The molecule has 0 radical (unpaired) electrons. The number of nitrogens with zero attached hydrogens (tertiary/aromatic N) is 2. The fourth-order valence-corrected chi connectivity index (χ4v) is 2.36. The molecule has 1 saturated carbocycles. The summed E-state index contributed by atoms with van der Waals surface area (Å²) in [7, 11) is 0. The highest BCUT2D eigenvalue weighted by Gasteiger charge is 2.32. The SMILES string of the molecule is CC1CC1Cn1cc(-c2ccc(N)c([NH2+][O-])c2)cn1.O. The van der Waals surface area contributed by atoms with Gasteiger partial charge in [-0.3, -0.25) is 4.68 Å². The van der Waals surface area contributed by atoms with Crippen molar-refractivity contribution >= 4 is 11.4 Å². The van der Waals surface area contributed by atoms with Crippen LogP contribution in [0.2, 0.25) is 0 Å². The highest BCUT2D eigenvalue weighted by Crippen LogP contribution is 2.39. The molecule has 108 valence electrons. The van der Waals surface area contributed by atoms with Gasteiger partial charge >= 0.3 is 0 Å². The van der Waals surface area contributed by atoms with Crippen molar-refractivity contribution in [2.75, 3.05) is 5.73 Å². The number of aromatic nitrogens is 2. The van der Waals surface area contributed by atoms with Gasteiger partial charge in [0.15, 0.2) is 5.69 Å². The topological polar surface area (TPSA) is 115 Å². The van der Waals surface area contributed by atoms with Gasteiger partial charge in [-0.15, -0.1) is 0 Å². The van der Waals surface area contributed by atoms with E-state index in [4.69, 9.17) is 5.73 Å². The normalized spacial score (nSPS) is 20.5. The average Bonchev–Trinajstić information content (AvgIpc) is 2.90. The Morgan fingerprint density at radius 3 is 2.85 bits per heavy atom. The minimum atomic E-state index is 0. The van der Waals surface area contributed by atoms with Crippen molar-refractivity contribution in [3.63, 3.8) is 0 Å².